The number of quaternary nitrogens is 1. The lowest BCUT2D eigenvalue weighted by Gasteiger charge is -2.12. The molecule has 0 bridgehead atoms. The van der Waals surface area contributed by atoms with E-state index in [0.29, 0.717) is 10.9 Å². The largest absolute Gasteiger partial charge is 0.595 e. The number of benzene rings is 2. The van der Waals surface area contributed by atoms with Crippen LogP contribution in [-0.4, -0.2) is 10.3 Å². The fraction of sp³-hybridized carbons (Fsp3) is 0. The third-order valence-corrected chi connectivity index (χ3v) is 3.42. The molecule has 7 heteroatoms. The molecule has 0 aliphatic heterocycles. The van der Waals surface area contributed by atoms with E-state index in [0.717, 1.165) is 0 Å². The Hall–Kier alpha value is -3.18. The van der Waals surface area contributed by atoms with E-state index in [1.54, 1.807) is 0 Å². The van der Waals surface area contributed by atoms with Crippen LogP contribution in [0.2, 0.25) is 0 Å². The Morgan fingerprint density at radius 1 is 1.17 bits per heavy atom. The van der Waals surface area contributed by atoms with E-state index in [1.807, 2.05) is 6.07 Å². The van der Waals surface area contributed by atoms with Crippen LogP contribution in [0.1, 0.15) is 5.56 Å². The average molecular weight is 310 g/mol. The number of nitriles is 1. The lowest BCUT2D eigenvalue weighted by Crippen LogP contribution is -2.99. The second kappa shape index (κ2) is 5.55. The minimum atomic E-state index is -1.09. The highest BCUT2D eigenvalue weighted by Gasteiger charge is 2.17. The zero-order valence-electron chi connectivity index (χ0n) is 11.6. The van der Waals surface area contributed by atoms with Gasteiger partial charge in [0.1, 0.15) is 17.4 Å². The molecule has 0 saturated heterocycles. The fourth-order valence-corrected chi connectivity index (χ4v) is 2.35. The van der Waals surface area contributed by atoms with Crippen molar-refractivity contribution in [2.75, 3.05) is 0 Å². The number of nitrogens with zero attached hydrogens (tertiary/aromatic N) is 1. The van der Waals surface area contributed by atoms with Crippen molar-refractivity contribution in [3.63, 3.8) is 0 Å². The van der Waals surface area contributed by atoms with Crippen LogP contribution < -0.4 is 10.9 Å². The number of rotatable bonds is 2. The molecule has 0 amide bonds. The van der Waals surface area contributed by atoms with Crippen molar-refractivity contribution < 1.29 is 20.0 Å². The number of phenolic OH excluding ortho intramolecular Hbond substituents is 1. The van der Waals surface area contributed by atoms with E-state index in [2.05, 4.69) is 0 Å². The summed E-state index contributed by atoms with van der Waals surface area (Å²) >= 11 is 0. The van der Waals surface area contributed by atoms with E-state index in [9.17, 15) is 20.4 Å². The van der Waals surface area contributed by atoms with Crippen LogP contribution in [0.15, 0.2) is 51.7 Å². The first-order chi connectivity index (χ1) is 11.0. The Kier molecular flexibility index (Phi) is 3.56. The van der Waals surface area contributed by atoms with Gasteiger partial charge in [-0.1, -0.05) is 0 Å². The first-order valence-corrected chi connectivity index (χ1v) is 6.55. The third-order valence-electron chi connectivity index (χ3n) is 3.42. The van der Waals surface area contributed by atoms with Gasteiger partial charge in [0, 0.05) is 23.6 Å². The van der Waals surface area contributed by atoms with Gasteiger partial charge in [-0.05, 0) is 29.8 Å². The highest BCUT2D eigenvalue weighted by Crippen LogP contribution is 2.29. The van der Waals surface area contributed by atoms with Crippen molar-refractivity contribution in [2.24, 2.45) is 0 Å². The predicted octanol–water partition coefficient (Wildman–Crippen LogP) is 1.44. The van der Waals surface area contributed by atoms with Gasteiger partial charge in [-0.15, -0.1) is 0 Å². The van der Waals surface area contributed by atoms with Crippen LogP contribution in [0.3, 0.4) is 0 Å². The third kappa shape index (κ3) is 2.54. The van der Waals surface area contributed by atoms with E-state index >= 15 is 0 Å². The second-order valence-corrected chi connectivity index (χ2v) is 4.81. The SMILES string of the molecule is N#Cc1c(-c2ccc([NH+]([O-])O)cc2)c(=O)oc2cc(O)ccc12. The summed E-state index contributed by atoms with van der Waals surface area (Å²) in [6, 6.07) is 11.7. The summed E-state index contributed by atoms with van der Waals surface area (Å²) in [5.41, 5.74) is -0.000216. The Morgan fingerprint density at radius 3 is 2.48 bits per heavy atom. The Morgan fingerprint density at radius 2 is 1.87 bits per heavy atom. The number of hydrogen-bond donors (Lipinski definition) is 3. The van der Waals surface area contributed by atoms with E-state index in [1.165, 1.54) is 42.5 Å². The van der Waals surface area contributed by atoms with Gasteiger partial charge >= 0.3 is 5.63 Å². The van der Waals surface area contributed by atoms with Crippen molar-refractivity contribution in [1.82, 2.24) is 0 Å². The molecule has 3 rings (SSSR count). The summed E-state index contributed by atoms with van der Waals surface area (Å²) < 4.78 is 5.17. The summed E-state index contributed by atoms with van der Waals surface area (Å²) in [6.07, 6.45) is 0. The molecule has 0 aliphatic rings. The van der Waals surface area contributed by atoms with Crippen LogP contribution in [0, 0.1) is 16.5 Å². The molecular formula is C16H10N2O5. The van der Waals surface area contributed by atoms with Crippen molar-refractivity contribution in [2.45, 2.75) is 0 Å². The van der Waals surface area contributed by atoms with Gasteiger partial charge in [-0.25, -0.2) is 10.0 Å². The van der Waals surface area contributed by atoms with Gasteiger partial charge in [0.15, 0.2) is 5.69 Å². The highest BCUT2D eigenvalue weighted by atomic mass is 16.8. The summed E-state index contributed by atoms with van der Waals surface area (Å²) in [7, 11) is 0. The summed E-state index contributed by atoms with van der Waals surface area (Å²) in [5, 5.41) is 38.0. The molecule has 1 heterocycles. The van der Waals surface area contributed by atoms with Crippen molar-refractivity contribution in [1.29, 1.82) is 5.26 Å². The standard InChI is InChI=1S/C16H10N2O5/c17-8-13-12-6-5-11(19)7-14(12)23-16(20)15(13)9-1-3-10(4-2-9)18(21)22/h1-7,18-19,21H. The minimum Gasteiger partial charge on any atom is -0.595 e. The quantitative estimate of drug-likeness (QED) is 0.486. The Balaban J connectivity index is 2.29. The van der Waals surface area contributed by atoms with Gasteiger partial charge in [0.05, 0.1) is 11.1 Å². The molecule has 1 unspecified atom stereocenters. The normalized spacial score (nSPS) is 12.0. The molecule has 3 N–H and O–H groups in total. The predicted molar refractivity (Wildman–Crippen MR) is 80.1 cm³/mol. The Bertz CT molecular complexity index is 984. The highest BCUT2D eigenvalue weighted by molar-refractivity contribution is 5.90. The first-order valence-electron chi connectivity index (χ1n) is 6.55. The maximum atomic E-state index is 12.2. The molecule has 1 aromatic heterocycles. The van der Waals surface area contributed by atoms with Gasteiger partial charge in [-0.3, -0.25) is 0 Å². The Labute approximate surface area is 129 Å². The number of aromatic hydroxyl groups is 1. The van der Waals surface area contributed by atoms with E-state index in [-0.39, 0.29) is 28.1 Å². The number of hydrogen-bond acceptors (Lipinski definition) is 6. The topological polar surface area (TPSA) is 122 Å². The molecule has 114 valence electrons. The fourth-order valence-electron chi connectivity index (χ4n) is 2.35. The van der Waals surface area contributed by atoms with Crippen LogP contribution in [-0.2, 0) is 0 Å². The maximum absolute atomic E-state index is 12.2. The van der Waals surface area contributed by atoms with Gasteiger partial charge in [0.25, 0.3) is 0 Å². The van der Waals surface area contributed by atoms with Gasteiger partial charge in [-0.2, -0.15) is 10.5 Å². The molecule has 0 saturated carbocycles. The zero-order chi connectivity index (χ0) is 16.6. The molecule has 0 fully saturated rings. The number of nitrogens with one attached hydrogen (secondary N) is 1. The molecule has 0 spiro atoms. The summed E-state index contributed by atoms with van der Waals surface area (Å²) in [6.45, 7) is 0. The van der Waals surface area contributed by atoms with Crippen molar-refractivity contribution in [3.8, 4) is 22.9 Å². The van der Waals surface area contributed by atoms with Gasteiger partial charge in [0.2, 0.25) is 0 Å². The lowest BCUT2D eigenvalue weighted by molar-refractivity contribution is -0.991. The number of phenols is 1. The van der Waals surface area contributed by atoms with Crippen LogP contribution in [0.5, 0.6) is 5.75 Å². The molecule has 7 nitrogen and oxygen atoms in total. The van der Waals surface area contributed by atoms with Crippen LogP contribution in [0.25, 0.3) is 22.1 Å². The lowest BCUT2D eigenvalue weighted by atomic mass is 9.99. The van der Waals surface area contributed by atoms with Crippen LogP contribution in [0.4, 0.5) is 5.69 Å². The first kappa shape index (κ1) is 14.7. The van der Waals surface area contributed by atoms with Crippen molar-refractivity contribution >= 4 is 16.7 Å². The molecular weight excluding hydrogens is 300 g/mol. The van der Waals surface area contributed by atoms with Crippen LogP contribution >= 0.6 is 0 Å². The minimum absolute atomic E-state index is 0.0580. The smallest absolute Gasteiger partial charge is 0.345 e. The summed E-state index contributed by atoms with van der Waals surface area (Å²) in [4.78, 5) is 12.2. The van der Waals surface area contributed by atoms with E-state index in [4.69, 9.17) is 9.62 Å². The molecule has 1 atom stereocenters. The molecule has 2 aromatic carbocycles. The zero-order valence-corrected chi connectivity index (χ0v) is 11.6. The average Bonchev–Trinajstić information content (AvgIpc) is 2.53. The molecule has 0 aliphatic carbocycles. The monoisotopic (exact) mass is 310 g/mol. The molecule has 23 heavy (non-hydrogen) atoms. The van der Waals surface area contributed by atoms with E-state index < -0.39 is 10.9 Å². The van der Waals surface area contributed by atoms with Crippen molar-refractivity contribution in [3.05, 3.63) is 63.7 Å². The van der Waals surface area contributed by atoms with Gasteiger partial charge < -0.3 is 14.7 Å². The summed E-state index contributed by atoms with van der Waals surface area (Å²) in [5.74, 6) is -0.0805. The number of fused-ring (bicyclic) bond motifs is 1. The molecule has 0 radical (unpaired) electrons. The molecule has 3 aromatic rings. The second-order valence-electron chi connectivity index (χ2n) is 4.81. The maximum Gasteiger partial charge on any atom is 0.345 e.